The fraction of sp³-hybridized carbons (Fsp3) is 0.300. The van der Waals surface area contributed by atoms with Crippen molar-refractivity contribution in [2.24, 2.45) is 0 Å². The molecular weight excluding hydrogens is 351 g/mol. The van der Waals surface area contributed by atoms with Gasteiger partial charge in [-0.3, -0.25) is 9.59 Å². The minimum absolute atomic E-state index is 0.175. The Balaban J connectivity index is 1.46. The molecule has 1 aliphatic rings. The summed E-state index contributed by atoms with van der Waals surface area (Å²) >= 11 is 1.40. The summed E-state index contributed by atoms with van der Waals surface area (Å²) in [6.07, 6.45) is 1.07. The second kappa shape index (κ2) is 8.85. The lowest BCUT2D eigenvalue weighted by Crippen LogP contribution is -2.54. The molecule has 0 bridgehead atoms. The summed E-state index contributed by atoms with van der Waals surface area (Å²) in [5.74, 6) is -0.206. The Kier molecular flexibility index (Phi) is 6.28. The first kappa shape index (κ1) is 18.5. The van der Waals surface area contributed by atoms with Crippen molar-refractivity contribution in [3.05, 3.63) is 71.5 Å². The van der Waals surface area contributed by atoms with Gasteiger partial charge in [-0.05, 0) is 30.0 Å². The Morgan fingerprint density at radius 1 is 1.15 bits per heavy atom. The Morgan fingerprint density at radius 2 is 1.88 bits per heavy atom. The molecule has 26 heavy (non-hydrogen) atoms. The number of hydrogen-bond donors (Lipinski definition) is 2. The highest BCUT2D eigenvalue weighted by atomic mass is 32.2. The van der Waals surface area contributed by atoms with Gasteiger partial charge in [0.2, 0.25) is 11.8 Å². The zero-order valence-electron chi connectivity index (χ0n) is 14.3. The van der Waals surface area contributed by atoms with Crippen LogP contribution in [0.15, 0.2) is 54.6 Å². The van der Waals surface area contributed by atoms with Gasteiger partial charge in [-0.2, -0.15) is 0 Å². The van der Waals surface area contributed by atoms with Crippen LogP contribution in [-0.2, 0) is 22.4 Å². The minimum atomic E-state index is -0.542. The highest BCUT2D eigenvalue weighted by molar-refractivity contribution is 8.00. The van der Waals surface area contributed by atoms with Gasteiger partial charge in [-0.15, -0.1) is 11.8 Å². The molecule has 0 saturated carbocycles. The topological polar surface area (TPSA) is 58.2 Å². The van der Waals surface area contributed by atoms with Gasteiger partial charge in [0.1, 0.15) is 11.9 Å². The lowest BCUT2D eigenvalue weighted by Gasteiger charge is -2.28. The second-order valence-electron chi connectivity index (χ2n) is 6.21. The van der Waals surface area contributed by atoms with Crippen LogP contribution in [0.25, 0.3) is 0 Å². The van der Waals surface area contributed by atoms with Crippen LogP contribution in [0.2, 0.25) is 0 Å². The van der Waals surface area contributed by atoms with E-state index in [4.69, 9.17) is 0 Å². The summed E-state index contributed by atoms with van der Waals surface area (Å²) in [5, 5.41) is 5.25. The normalized spacial score (nSPS) is 19.7. The van der Waals surface area contributed by atoms with Gasteiger partial charge in [0, 0.05) is 12.3 Å². The molecule has 2 amide bonds. The van der Waals surface area contributed by atoms with E-state index in [2.05, 4.69) is 10.6 Å². The van der Waals surface area contributed by atoms with Crippen LogP contribution in [0.3, 0.4) is 0 Å². The third kappa shape index (κ3) is 4.85. The van der Waals surface area contributed by atoms with Crippen LogP contribution in [0.5, 0.6) is 0 Å². The first-order valence-corrected chi connectivity index (χ1v) is 9.65. The first-order valence-electron chi connectivity index (χ1n) is 8.60. The molecule has 0 aliphatic carbocycles. The molecule has 2 aromatic rings. The maximum absolute atomic E-state index is 13.8. The molecule has 2 aromatic carbocycles. The smallest absolute Gasteiger partial charge is 0.243 e. The highest BCUT2D eigenvalue weighted by Crippen LogP contribution is 2.23. The quantitative estimate of drug-likeness (QED) is 0.818. The van der Waals surface area contributed by atoms with Crippen LogP contribution in [-0.4, -0.2) is 35.4 Å². The van der Waals surface area contributed by atoms with E-state index in [1.54, 1.807) is 18.2 Å². The van der Waals surface area contributed by atoms with Crippen LogP contribution in [0.4, 0.5) is 4.39 Å². The van der Waals surface area contributed by atoms with Gasteiger partial charge in [0.25, 0.3) is 0 Å². The molecule has 0 spiro atoms. The maximum Gasteiger partial charge on any atom is 0.243 e. The Labute approximate surface area is 156 Å². The molecule has 6 heteroatoms. The third-order valence-electron chi connectivity index (χ3n) is 4.31. The summed E-state index contributed by atoms with van der Waals surface area (Å²) in [7, 11) is 0. The summed E-state index contributed by atoms with van der Waals surface area (Å²) < 4.78 is 13.8. The number of thioether (sulfide) groups is 1. The predicted octanol–water partition coefficient (Wildman–Crippen LogP) is 2.33. The second-order valence-corrected chi connectivity index (χ2v) is 7.44. The number of carbonyl (C=O) groups excluding carboxylic acids is 2. The summed E-state index contributed by atoms with van der Waals surface area (Å²) in [6, 6.07) is 15.8. The van der Waals surface area contributed by atoms with E-state index in [1.807, 2.05) is 30.3 Å². The third-order valence-corrected chi connectivity index (χ3v) is 5.62. The average molecular weight is 372 g/mol. The molecule has 136 valence electrons. The molecule has 0 aromatic heterocycles. The van der Waals surface area contributed by atoms with Gasteiger partial charge in [0.15, 0.2) is 0 Å². The van der Waals surface area contributed by atoms with Gasteiger partial charge in [0.05, 0.1) is 5.25 Å². The van der Waals surface area contributed by atoms with Crippen molar-refractivity contribution in [2.45, 2.75) is 24.1 Å². The van der Waals surface area contributed by atoms with Crippen molar-refractivity contribution in [2.75, 3.05) is 12.3 Å². The number of amides is 2. The van der Waals surface area contributed by atoms with Crippen LogP contribution >= 0.6 is 11.8 Å². The Bertz CT molecular complexity index is 769. The van der Waals surface area contributed by atoms with Gasteiger partial charge < -0.3 is 10.6 Å². The standard InChI is InChI=1S/C20H21FN2O2S/c21-16-9-5-4-8-15(16)12-18-20(25)23-17(13-26-18)19(24)22-11-10-14-6-2-1-3-7-14/h1-9,17-18H,10-13H2,(H,22,24)(H,23,25)/t17-,18-/m1/s1. The maximum atomic E-state index is 13.8. The van der Waals surface area contributed by atoms with Crippen LogP contribution in [0.1, 0.15) is 11.1 Å². The molecule has 2 N–H and O–H groups in total. The fourth-order valence-electron chi connectivity index (χ4n) is 2.85. The number of carbonyl (C=O) groups is 2. The van der Waals surface area contributed by atoms with Crippen molar-refractivity contribution < 1.29 is 14.0 Å². The van der Waals surface area contributed by atoms with E-state index in [0.29, 0.717) is 24.3 Å². The average Bonchev–Trinajstić information content (AvgIpc) is 2.66. The minimum Gasteiger partial charge on any atom is -0.354 e. The zero-order valence-corrected chi connectivity index (χ0v) is 15.1. The van der Waals surface area contributed by atoms with Crippen molar-refractivity contribution >= 4 is 23.6 Å². The van der Waals surface area contributed by atoms with E-state index in [1.165, 1.54) is 17.8 Å². The van der Waals surface area contributed by atoms with Gasteiger partial charge >= 0.3 is 0 Å². The summed E-state index contributed by atoms with van der Waals surface area (Å²) in [4.78, 5) is 24.5. The van der Waals surface area contributed by atoms with Gasteiger partial charge in [-0.25, -0.2) is 4.39 Å². The van der Waals surface area contributed by atoms with Gasteiger partial charge in [-0.1, -0.05) is 48.5 Å². The van der Waals surface area contributed by atoms with E-state index >= 15 is 0 Å². The lowest BCUT2D eigenvalue weighted by atomic mass is 10.1. The van der Waals surface area contributed by atoms with E-state index < -0.39 is 6.04 Å². The van der Waals surface area contributed by atoms with Crippen LogP contribution < -0.4 is 10.6 Å². The number of rotatable bonds is 6. The molecule has 1 aliphatic heterocycles. The molecule has 0 radical (unpaired) electrons. The number of hydrogen-bond acceptors (Lipinski definition) is 3. The highest BCUT2D eigenvalue weighted by Gasteiger charge is 2.32. The fourth-order valence-corrected chi connectivity index (χ4v) is 4.03. The Morgan fingerprint density at radius 3 is 2.62 bits per heavy atom. The van der Waals surface area contributed by atoms with Crippen molar-refractivity contribution in [3.8, 4) is 0 Å². The summed E-state index contributed by atoms with van der Waals surface area (Å²) in [6.45, 7) is 0.526. The molecule has 1 fully saturated rings. The Hall–Kier alpha value is -2.34. The summed E-state index contributed by atoms with van der Waals surface area (Å²) in [5.41, 5.74) is 1.67. The SMILES string of the molecule is O=C(NCCc1ccccc1)[C@H]1CS[C@H](Cc2ccccc2F)C(=O)N1. The largest absolute Gasteiger partial charge is 0.354 e. The van der Waals surface area contributed by atoms with Crippen molar-refractivity contribution in [1.82, 2.24) is 10.6 Å². The zero-order chi connectivity index (χ0) is 18.4. The molecular formula is C20H21FN2O2S. The first-order chi connectivity index (χ1) is 12.6. The molecule has 0 unspecified atom stereocenters. The lowest BCUT2D eigenvalue weighted by molar-refractivity contribution is -0.128. The monoisotopic (exact) mass is 372 g/mol. The van der Waals surface area contributed by atoms with E-state index in [0.717, 1.165) is 12.0 Å². The number of nitrogens with one attached hydrogen (secondary N) is 2. The molecule has 3 rings (SSSR count). The molecule has 1 heterocycles. The van der Waals surface area contributed by atoms with Crippen LogP contribution in [0, 0.1) is 5.82 Å². The van der Waals surface area contributed by atoms with E-state index in [9.17, 15) is 14.0 Å². The number of halogens is 1. The molecule has 4 nitrogen and oxygen atoms in total. The molecule has 1 saturated heterocycles. The predicted molar refractivity (Wildman–Crippen MR) is 101 cm³/mol. The van der Waals surface area contributed by atoms with E-state index in [-0.39, 0.29) is 22.9 Å². The van der Waals surface area contributed by atoms with Crippen molar-refractivity contribution in [3.63, 3.8) is 0 Å². The molecule has 2 atom stereocenters. The van der Waals surface area contributed by atoms with Crippen molar-refractivity contribution in [1.29, 1.82) is 0 Å². The number of benzene rings is 2.